The summed E-state index contributed by atoms with van der Waals surface area (Å²) >= 11 is 0. The first-order chi connectivity index (χ1) is 19.6. The minimum absolute atomic E-state index is 0.185. The summed E-state index contributed by atoms with van der Waals surface area (Å²) in [5.74, 6) is 0.403. The molecule has 0 fully saturated rings. The molecule has 12 heteroatoms. The fraction of sp³-hybridized carbons (Fsp3) is 0.300. The van der Waals surface area contributed by atoms with E-state index >= 15 is 0 Å². The molecule has 0 aliphatic rings. The number of carbonyl (C=O) groups is 2. The molecule has 0 unspecified atom stereocenters. The van der Waals surface area contributed by atoms with Crippen LogP contribution in [0.15, 0.2) is 54.7 Å². The van der Waals surface area contributed by atoms with E-state index in [-0.39, 0.29) is 28.5 Å². The summed E-state index contributed by atoms with van der Waals surface area (Å²) in [5.41, 5.74) is 2.22. The second-order valence-corrected chi connectivity index (χ2v) is 12.9. The van der Waals surface area contributed by atoms with E-state index in [2.05, 4.69) is 15.0 Å². The molecule has 0 atom stereocenters. The predicted molar refractivity (Wildman–Crippen MR) is 163 cm³/mol. The lowest BCUT2D eigenvalue weighted by Crippen LogP contribution is -2.22. The van der Waals surface area contributed by atoms with Crippen molar-refractivity contribution in [2.75, 3.05) is 37.5 Å². The van der Waals surface area contributed by atoms with Crippen molar-refractivity contribution < 1.29 is 27.5 Å². The number of pyridine rings is 1. The van der Waals surface area contributed by atoms with Gasteiger partial charge < -0.3 is 24.3 Å². The number of rotatable bonds is 8. The fourth-order valence-electron chi connectivity index (χ4n) is 4.46. The van der Waals surface area contributed by atoms with Gasteiger partial charge in [0.05, 0.1) is 30.3 Å². The van der Waals surface area contributed by atoms with Crippen LogP contribution in [0.5, 0.6) is 17.2 Å². The van der Waals surface area contributed by atoms with Gasteiger partial charge in [0.25, 0.3) is 11.8 Å². The molecule has 0 aliphatic carbocycles. The number of hydrogen-bond donors (Lipinski definition) is 2. The number of aryl methyl sites for hydroxylation is 1. The maximum atomic E-state index is 13.7. The highest BCUT2D eigenvalue weighted by Gasteiger charge is 2.24. The normalized spacial score (nSPS) is 11.7. The zero-order valence-corrected chi connectivity index (χ0v) is 25.7. The van der Waals surface area contributed by atoms with Gasteiger partial charge in [0.1, 0.15) is 17.1 Å². The highest BCUT2D eigenvalue weighted by molar-refractivity contribution is 7.92. The van der Waals surface area contributed by atoms with E-state index in [1.165, 1.54) is 18.2 Å². The van der Waals surface area contributed by atoms with E-state index in [9.17, 15) is 18.0 Å². The molecule has 42 heavy (non-hydrogen) atoms. The molecule has 0 aliphatic heterocycles. The van der Waals surface area contributed by atoms with Crippen LogP contribution in [0, 0.1) is 0 Å². The number of nitrogens with one attached hydrogen (secondary N) is 2. The highest BCUT2D eigenvalue weighted by atomic mass is 32.2. The lowest BCUT2D eigenvalue weighted by molar-refractivity contribution is 0.0821. The van der Waals surface area contributed by atoms with Gasteiger partial charge in [-0.3, -0.25) is 19.3 Å². The van der Waals surface area contributed by atoms with Crippen LogP contribution in [-0.4, -0.2) is 62.1 Å². The molecule has 222 valence electrons. The summed E-state index contributed by atoms with van der Waals surface area (Å²) in [6, 6.07) is 13.9. The average molecular weight is 594 g/mol. The van der Waals surface area contributed by atoms with E-state index in [0.29, 0.717) is 28.4 Å². The lowest BCUT2D eigenvalue weighted by Gasteiger charge is -2.24. The largest absolute Gasteiger partial charge is 0.492 e. The molecule has 2 amide bonds. The summed E-state index contributed by atoms with van der Waals surface area (Å²) in [5, 5.41) is 3.67. The molecule has 4 aromatic rings. The van der Waals surface area contributed by atoms with E-state index in [0.717, 1.165) is 17.2 Å². The first kappa shape index (κ1) is 30.4. The molecule has 0 saturated carbocycles. The third-order valence-electron chi connectivity index (χ3n) is 6.54. The van der Waals surface area contributed by atoms with E-state index in [4.69, 9.17) is 9.47 Å². The number of para-hydroxylation sites is 1. The van der Waals surface area contributed by atoms with Crippen molar-refractivity contribution in [1.82, 2.24) is 14.5 Å². The molecule has 11 nitrogen and oxygen atoms in total. The van der Waals surface area contributed by atoms with Crippen molar-refractivity contribution in [2.45, 2.75) is 26.2 Å². The topological polar surface area (TPSA) is 132 Å². The average Bonchev–Trinajstić information content (AvgIpc) is 3.24. The summed E-state index contributed by atoms with van der Waals surface area (Å²) < 4.78 is 40.1. The number of sulfonamides is 1. The number of hydrogen-bond acceptors (Lipinski definition) is 7. The molecular weight excluding hydrogens is 558 g/mol. The number of amides is 2. The van der Waals surface area contributed by atoms with Crippen LogP contribution in [0.1, 0.15) is 47.3 Å². The van der Waals surface area contributed by atoms with Gasteiger partial charge in [0.15, 0.2) is 11.5 Å². The number of methoxy groups -OCH3 is 1. The SMILES string of the molecule is COc1c(NC(=O)c2cc3cccc(Oc4ccnc(C(=O)N(C)C)c4)c3n2C)cc(C(C)(C)C)cc1NS(C)(=O)=O. The van der Waals surface area contributed by atoms with Gasteiger partial charge in [-0.15, -0.1) is 0 Å². The molecule has 0 saturated heterocycles. The standard InChI is InChI=1S/C30H35N5O6S/c1-30(2,3)19-15-21(27(40-7)22(16-19)33-42(8,38)39)32-28(36)24-14-18-10-9-11-25(26(18)35(24)6)41-20-12-13-31-23(17-20)29(37)34(4)5/h9-17,33H,1-8H3,(H,32,36). The van der Waals surface area contributed by atoms with Crippen molar-refractivity contribution in [2.24, 2.45) is 7.05 Å². The summed E-state index contributed by atoms with van der Waals surface area (Å²) in [6.45, 7) is 5.95. The minimum atomic E-state index is -3.62. The number of nitrogens with zero attached hydrogens (tertiary/aromatic N) is 3. The lowest BCUT2D eigenvalue weighted by atomic mass is 9.86. The Kier molecular flexibility index (Phi) is 8.22. The molecule has 2 heterocycles. The number of anilines is 2. The third kappa shape index (κ3) is 6.49. The zero-order chi connectivity index (χ0) is 31.0. The van der Waals surface area contributed by atoms with Gasteiger partial charge in [-0.05, 0) is 41.3 Å². The Labute approximate surface area is 245 Å². The second-order valence-electron chi connectivity index (χ2n) is 11.1. The molecule has 2 aromatic heterocycles. The smallest absolute Gasteiger partial charge is 0.272 e. The quantitative estimate of drug-likeness (QED) is 0.294. The van der Waals surface area contributed by atoms with Crippen LogP contribution >= 0.6 is 0 Å². The van der Waals surface area contributed by atoms with Crippen molar-refractivity contribution >= 4 is 44.1 Å². The molecule has 0 radical (unpaired) electrons. The Hall–Kier alpha value is -4.58. The Morgan fingerprint density at radius 2 is 1.71 bits per heavy atom. The summed E-state index contributed by atoms with van der Waals surface area (Å²) in [4.78, 5) is 31.6. The highest BCUT2D eigenvalue weighted by Crippen LogP contribution is 2.40. The Balaban J connectivity index is 1.73. The fourth-order valence-corrected chi connectivity index (χ4v) is 5.01. The Morgan fingerprint density at radius 3 is 2.33 bits per heavy atom. The van der Waals surface area contributed by atoms with Gasteiger partial charge in [-0.2, -0.15) is 0 Å². The first-order valence-corrected chi connectivity index (χ1v) is 14.9. The van der Waals surface area contributed by atoms with Gasteiger partial charge in [-0.1, -0.05) is 32.9 Å². The van der Waals surface area contributed by atoms with E-state index in [1.807, 2.05) is 32.9 Å². The van der Waals surface area contributed by atoms with E-state index in [1.54, 1.807) is 62.1 Å². The van der Waals surface area contributed by atoms with Crippen LogP contribution in [-0.2, 0) is 22.5 Å². The van der Waals surface area contributed by atoms with Gasteiger partial charge in [-0.25, -0.2) is 8.42 Å². The number of ether oxygens (including phenoxy) is 2. The molecule has 2 N–H and O–H groups in total. The van der Waals surface area contributed by atoms with Crippen LogP contribution < -0.4 is 19.5 Å². The van der Waals surface area contributed by atoms with Crippen LogP contribution in [0.4, 0.5) is 11.4 Å². The van der Waals surface area contributed by atoms with Crippen molar-refractivity contribution in [3.8, 4) is 17.2 Å². The number of aromatic nitrogens is 2. The van der Waals surface area contributed by atoms with Crippen LogP contribution in [0.2, 0.25) is 0 Å². The first-order valence-electron chi connectivity index (χ1n) is 13.0. The molecule has 4 rings (SSSR count). The Morgan fingerprint density at radius 1 is 1.02 bits per heavy atom. The molecule has 0 bridgehead atoms. The van der Waals surface area contributed by atoms with Crippen molar-refractivity contribution in [3.63, 3.8) is 0 Å². The Bertz CT molecular complexity index is 1790. The molecular formula is C30H35N5O6S. The second kappa shape index (κ2) is 11.4. The maximum absolute atomic E-state index is 13.7. The number of benzene rings is 2. The molecule has 2 aromatic carbocycles. The minimum Gasteiger partial charge on any atom is -0.492 e. The third-order valence-corrected chi connectivity index (χ3v) is 7.13. The number of carbonyl (C=O) groups excluding carboxylic acids is 2. The zero-order valence-electron chi connectivity index (χ0n) is 24.9. The monoisotopic (exact) mass is 593 g/mol. The van der Waals surface area contributed by atoms with Gasteiger partial charge in [0.2, 0.25) is 10.0 Å². The maximum Gasteiger partial charge on any atom is 0.272 e. The van der Waals surface area contributed by atoms with Crippen molar-refractivity contribution in [1.29, 1.82) is 0 Å². The van der Waals surface area contributed by atoms with Gasteiger partial charge in [0, 0.05) is 38.8 Å². The van der Waals surface area contributed by atoms with E-state index < -0.39 is 15.9 Å². The molecule has 0 spiro atoms. The van der Waals surface area contributed by atoms with Gasteiger partial charge >= 0.3 is 0 Å². The summed E-state index contributed by atoms with van der Waals surface area (Å²) in [6.07, 6.45) is 2.55. The van der Waals surface area contributed by atoms with Crippen LogP contribution in [0.25, 0.3) is 10.9 Å². The predicted octanol–water partition coefficient (Wildman–Crippen LogP) is 5.00. The van der Waals surface area contributed by atoms with Crippen molar-refractivity contribution in [3.05, 3.63) is 71.7 Å². The van der Waals surface area contributed by atoms with Crippen LogP contribution in [0.3, 0.4) is 0 Å². The summed E-state index contributed by atoms with van der Waals surface area (Å²) in [7, 11) is 2.83. The number of fused-ring (bicyclic) bond motifs is 1.